The van der Waals surface area contributed by atoms with Crippen molar-refractivity contribution >= 4 is 17.6 Å². The summed E-state index contributed by atoms with van der Waals surface area (Å²) in [6.07, 6.45) is 1.67. The summed E-state index contributed by atoms with van der Waals surface area (Å²) in [4.78, 5) is 12.1. The Balaban J connectivity index is 2.05. The molecule has 0 aliphatic carbocycles. The number of oxazole rings is 1. The van der Waals surface area contributed by atoms with Crippen molar-refractivity contribution in [2.45, 2.75) is 13.5 Å². The van der Waals surface area contributed by atoms with E-state index in [1.165, 1.54) is 0 Å². The number of nitrogens with zero attached hydrogens (tertiary/aromatic N) is 3. The van der Waals surface area contributed by atoms with Crippen molar-refractivity contribution in [1.29, 1.82) is 0 Å². The Kier molecular flexibility index (Phi) is 3.08. The molecular formula is C10H14N6O. The zero-order valence-electron chi connectivity index (χ0n) is 9.69. The first-order valence-corrected chi connectivity index (χ1v) is 5.15. The van der Waals surface area contributed by atoms with E-state index in [4.69, 9.17) is 10.2 Å². The Hall–Kier alpha value is -2.31. The topological polar surface area (TPSA) is 102 Å². The summed E-state index contributed by atoms with van der Waals surface area (Å²) in [5.74, 6) is 2.87. The van der Waals surface area contributed by atoms with Crippen molar-refractivity contribution in [2.75, 3.05) is 23.4 Å². The number of anilines is 3. The Morgan fingerprint density at radius 1 is 1.35 bits per heavy atom. The molecule has 0 aliphatic rings. The number of aromatic nitrogens is 3. The molecule has 17 heavy (non-hydrogen) atoms. The molecule has 2 aromatic heterocycles. The fraction of sp³-hybridized carbons (Fsp3) is 0.300. The van der Waals surface area contributed by atoms with Gasteiger partial charge in [-0.2, -0.15) is 9.97 Å². The summed E-state index contributed by atoms with van der Waals surface area (Å²) in [5.41, 5.74) is 5.57. The van der Waals surface area contributed by atoms with E-state index >= 15 is 0 Å². The van der Waals surface area contributed by atoms with Crippen molar-refractivity contribution in [1.82, 2.24) is 15.0 Å². The first-order valence-electron chi connectivity index (χ1n) is 5.15. The maximum atomic E-state index is 5.57. The highest BCUT2D eigenvalue weighted by Crippen LogP contribution is 2.13. The summed E-state index contributed by atoms with van der Waals surface area (Å²) < 4.78 is 5.33. The third-order valence-corrected chi connectivity index (χ3v) is 2.09. The zero-order chi connectivity index (χ0) is 12.3. The molecule has 0 radical (unpaired) electrons. The highest BCUT2D eigenvalue weighted by Gasteiger charge is 2.03. The smallest absolute Gasteiger partial charge is 0.223 e. The number of nitrogens with two attached hydrogens (primary N) is 1. The van der Waals surface area contributed by atoms with Gasteiger partial charge in [0, 0.05) is 13.1 Å². The number of nitrogens with one attached hydrogen (secondary N) is 2. The Labute approximate surface area is 98.5 Å². The van der Waals surface area contributed by atoms with Gasteiger partial charge in [0.2, 0.25) is 11.8 Å². The SMILES string of the molecule is CNc1cc(NCc2ncc(C)o2)nc(N)n1. The normalized spacial score (nSPS) is 10.2. The van der Waals surface area contributed by atoms with Crippen LogP contribution < -0.4 is 16.4 Å². The lowest BCUT2D eigenvalue weighted by molar-refractivity contribution is 0.479. The van der Waals surface area contributed by atoms with E-state index in [0.29, 0.717) is 24.1 Å². The van der Waals surface area contributed by atoms with Crippen LogP contribution in [0.5, 0.6) is 0 Å². The van der Waals surface area contributed by atoms with Crippen LogP contribution in [-0.2, 0) is 6.54 Å². The molecule has 0 bridgehead atoms. The maximum absolute atomic E-state index is 5.57. The van der Waals surface area contributed by atoms with E-state index in [0.717, 1.165) is 5.76 Å². The number of hydrogen-bond acceptors (Lipinski definition) is 7. The van der Waals surface area contributed by atoms with Gasteiger partial charge in [-0.15, -0.1) is 0 Å². The van der Waals surface area contributed by atoms with E-state index in [1.807, 2.05) is 6.92 Å². The molecule has 0 aliphatic heterocycles. The molecule has 2 heterocycles. The Morgan fingerprint density at radius 2 is 2.12 bits per heavy atom. The van der Waals surface area contributed by atoms with Crippen LogP contribution in [0.3, 0.4) is 0 Å². The molecule has 0 amide bonds. The monoisotopic (exact) mass is 234 g/mol. The van der Waals surface area contributed by atoms with E-state index in [1.54, 1.807) is 19.3 Å². The van der Waals surface area contributed by atoms with Gasteiger partial charge < -0.3 is 20.8 Å². The average Bonchev–Trinajstić information content (AvgIpc) is 2.72. The van der Waals surface area contributed by atoms with Gasteiger partial charge in [0.25, 0.3) is 0 Å². The second kappa shape index (κ2) is 4.69. The van der Waals surface area contributed by atoms with Crippen molar-refractivity contribution in [3.8, 4) is 0 Å². The highest BCUT2D eigenvalue weighted by atomic mass is 16.4. The number of nitrogen functional groups attached to an aromatic ring is 1. The fourth-order valence-electron chi connectivity index (χ4n) is 1.33. The number of rotatable bonds is 4. The molecule has 0 saturated heterocycles. The van der Waals surface area contributed by atoms with Gasteiger partial charge in [-0.3, -0.25) is 0 Å². The molecular weight excluding hydrogens is 220 g/mol. The first-order chi connectivity index (χ1) is 8.17. The predicted molar refractivity (Wildman–Crippen MR) is 64.6 cm³/mol. The summed E-state index contributed by atoms with van der Waals surface area (Å²) in [5, 5.41) is 5.96. The third kappa shape index (κ3) is 2.83. The Morgan fingerprint density at radius 3 is 2.76 bits per heavy atom. The molecule has 0 spiro atoms. The summed E-state index contributed by atoms with van der Waals surface area (Å²) in [7, 11) is 1.77. The standard InChI is InChI=1S/C10H14N6O/c1-6-4-14-9(17-6)5-13-8-3-7(12-2)15-10(11)16-8/h3-4H,5H2,1-2H3,(H4,11,12,13,15,16). The van der Waals surface area contributed by atoms with Crippen LogP contribution in [0.25, 0.3) is 0 Å². The van der Waals surface area contributed by atoms with Crippen LogP contribution in [0.4, 0.5) is 17.6 Å². The van der Waals surface area contributed by atoms with Crippen LogP contribution in [0.1, 0.15) is 11.7 Å². The van der Waals surface area contributed by atoms with Crippen molar-refractivity contribution in [3.05, 3.63) is 23.9 Å². The summed E-state index contributed by atoms with van der Waals surface area (Å²) in [6, 6.07) is 1.76. The van der Waals surface area contributed by atoms with Gasteiger partial charge >= 0.3 is 0 Å². The van der Waals surface area contributed by atoms with E-state index in [9.17, 15) is 0 Å². The largest absolute Gasteiger partial charge is 0.444 e. The maximum Gasteiger partial charge on any atom is 0.223 e. The van der Waals surface area contributed by atoms with E-state index < -0.39 is 0 Å². The van der Waals surface area contributed by atoms with Gasteiger partial charge in [-0.05, 0) is 6.92 Å². The lowest BCUT2D eigenvalue weighted by Crippen LogP contribution is -2.06. The summed E-state index contributed by atoms with van der Waals surface area (Å²) >= 11 is 0. The van der Waals surface area contributed by atoms with Crippen molar-refractivity contribution in [2.24, 2.45) is 0 Å². The van der Waals surface area contributed by atoms with Crippen LogP contribution >= 0.6 is 0 Å². The summed E-state index contributed by atoms with van der Waals surface area (Å²) in [6.45, 7) is 2.30. The average molecular weight is 234 g/mol. The molecule has 0 saturated carbocycles. The molecule has 4 N–H and O–H groups in total. The highest BCUT2D eigenvalue weighted by molar-refractivity contribution is 5.50. The van der Waals surface area contributed by atoms with Crippen LogP contribution in [-0.4, -0.2) is 22.0 Å². The van der Waals surface area contributed by atoms with Crippen LogP contribution in [0.2, 0.25) is 0 Å². The third-order valence-electron chi connectivity index (χ3n) is 2.09. The van der Waals surface area contributed by atoms with Crippen LogP contribution in [0.15, 0.2) is 16.7 Å². The Bertz CT molecular complexity index is 509. The minimum absolute atomic E-state index is 0.211. The van der Waals surface area contributed by atoms with Gasteiger partial charge in [0.1, 0.15) is 17.4 Å². The minimum atomic E-state index is 0.211. The fourth-order valence-corrected chi connectivity index (χ4v) is 1.33. The van der Waals surface area contributed by atoms with Gasteiger partial charge in [0.05, 0.1) is 12.7 Å². The van der Waals surface area contributed by atoms with E-state index in [2.05, 4.69) is 25.6 Å². The van der Waals surface area contributed by atoms with Gasteiger partial charge in [0.15, 0.2) is 0 Å². The first kappa shape index (κ1) is 11.2. The van der Waals surface area contributed by atoms with Crippen molar-refractivity contribution in [3.63, 3.8) is 0 Å². The van der Waals surface area contributed by atoms with Gasteiger partial charge in [-0.25, -0.2) is 4.98 Å². The predicted octanol–water partition coefficient (Wildman–Crippen LogP) is 1.01. The second-order valence-corrected chi connectivity index (χ2v) is 3.46. The molecule has 7 nitrogen and oxygen atoms in total. The zero-order valence-corrected chi connectivity index (χ0v) is 9.69. The number of hydrogen-bond donors (Lipinski definition) is 3. The minimum Gasteiger partial charge on any atom is -0.444 e. The number of aryl methyl sites for hydroxylation is 1. The second-order valence-electron chi connectivity index (χ2n) is 3.46. The van der Waals surface area contributed by atoms with Gasteiger partial charge in [-0.1, -0.05) is 0 Å². The van der Waals surface area contributed by atoms with E-state index in [-0.39, 0.29) is 5.95 Å². The molecule has 7 heteroatoms. The quantitative estimate of drug-likeness (QED) is 0.725. The van der Waals surface area contributed by atoms with Crippen LogP contribution in [0, 0.1) is 6.92 Å². The molecule has 2 aromatic rings. The molecule has 0 aromatic carbocycles. The lowest BCUT2D eigenvalue weighted by Gasteiger charge is -2.06. The lowest BCUT2D eigenvalue weighted by atomic mass is 10.5. The molecule has 0 atom stereocenters. The molecule has 0 fully saturated rings. The van der Waals surface area contributed by atoms with Crippen molar-refractivity contribution < 1.29 is 4.42 Å². The molecule has 2 rings (SSSR count). The molecule has 90 valence electrons. The molecule has 0 unspecified atom stereocenters.